The molecule has 112 valence electrons. The number of nitrogens with one attached hydrogen (secondary N) is 1. The van der Waals surface area contributed by atoms with E-state index in [4.69, 9.17) is 4.42 Å². The molecule has 0 bridgehead atoms. The molecule has 0 unspecified atom stereocenters. The van der Waals surface area contributed by atoms with Gasteiger partial charge in [-0.25, -0.2) is 4.79 Å². The summed E-state index contributed by atoms with van der Waals surface area (Å²) in [6.07, 6.45) is 2.15. The molecule has 3 aromatic rings. The highest BCUT2D eigenvalue weighted by Gasteiger charge is 2.30. The quantitative estimate of drug-likeness (QED) is 0.802. The van der Waals surface area contributed by atoms with Crippen LogP contribution in [0, 0.1) is 0 Å². The lowest BCUT2D eigenvalue weighted by atomic mass is 10.2. The summed E-state index contributed by atoms with van der Waals surface area (Å²) < 4.78 is 5.75. The molecule has 2 aromatic heterocycles. The predicted octanol–water partition coefficient (Wildman–Crippen LogP) is 3.58. The van der Waals surface area contributed by atoms with Crippen LogP contribution in [-0.2, 0) is 0 Å². The number of amides is 2. The number of aromatic nitrogens is 2. The number of para-hydroxylation sites is 1. The van der Waals surface area contributed by atoms with Crippen molar-refractivity contribution in [2.75, 3.05) is 12.4 Å². The number of rotatable bonds is 3. The molecule has 1 aliphatic rings. The van der Waals surface area contributed by atoms with Crippen molar-refractivity contribution in [3.63, 3.8) is 0 Å². The molecule has 1 saturated carbocycles. The van der Waals surface area contributed by atoms with Crippen LogP contribution in [0.4, 0.5) is 9.93 Å². The Morgan fingerprint density at radius 3 is 2.95 bits per heavy atom. The van der Waals surface area contributed by atoms with Crippen LogP contribution in [0.1, 0.15) is 12.8 Å². The monoisotopic (exact) mass is 314 g/mol. The standard InChI is InChI=1S/C15H14N4O2S/c1-19(10-6-7-10)15(20)16-14-18-17-13(22-14)12-8-9-4-2-3-5-11(9)21-12/h2-5,8,10H,6-7H2,1H3,(H,16,18,20). The van der Waals surface area contributed by atoms with Crippen molar-refractivity contribution in [1.29, 1.82) is 0 Å². The number of nitrogens with zero attached hydrogens (tertiary/aromatic N) is 3. The molecule has 1 aromatic carbocycles. The lowest BCUT2D eigenvalue weighted by Gasteiger charge is -2.15. The van der Waals surface area contributed by atoms with Gasteiger partial charge in [-0.15, -0.1) is 10.2 Å². The van der Waals surface area contributed by atoms with Gasteiger partial charge in [0.05, 0.1) is 0 Å². The van der Waals surface area contributed by atoms with Crippen LogP contribution in [-0.4, -0.2) is 34.2 Å². The summed E-state index contributed by atoms with van der Waals surface area (Å²) in [4.78, 5) is 13.7. The molecule has 2 amide bonds. The minimum Gasteiger partial charge on any atom is -0.453 e. The molecule has 1 fully saturated rings. The summed E-state index contributed by atoms with van der Waals surface area (Å²) in [5.41, 5.74) is 0.812. The number of fused-ring (bicyclic) bond motifs is 1. The fourth-order valence-electron chi connectivity index (χ4n) is 2.27. The SMILES string of the molecule is CN(C(=O)Nc1nnc(-c2cc3ccccc3o2)s1)C1CC1. The second-order valence-corrected chi connectivity index (χ2v) is 6.31. The topological polar surface area (TPSA) is 71.3 Å². The normalized spacial score (nSPS) is 14.2. The lowest BCUT2D eigenvalue weighted by Crippen LogP contribution is -2.32. The van der Waals surface area contributed by atoms with E-state index in [-0.39, 0.29) is 6.03 Å². The molecule has 0 atom stereocenters. The van der Waals surface area contributed by atoms with Gasteiger partial charge in [-0.3, -0.25) is 5.32 Å². The summed E-state index contributed by atoms with van der Waals surface area (Å²) in [7, 11) is 1.80. The molecule has 2 heterocycles. The molecule has 0 aliphatic heterocycles. The first kappa shape index (κ1) is 13.3. The maximum absolute atomic E-state index is 12.0. The fraction of sp³-hybridized carbons (Fsp3) is 0.267. The number of urea groups is 1. The van der Waals surface area contributed by atoms with Gasteiger partial charge in [0.2, 0.25) is 5.13 Å². The van der Waals surface area contributed by atoms with E-state index in [0.29, 0.717) is 21.9 Å². The summed E-state index contributed by atoms with van der Waals surface area (Å²) in [6.45, 7) is 0. The maximum atomic E-state index is 12.0. The van der Waals surface area contributed by atoms with E-state index >= 15 is 0 Å². The number of anilines is 1. The number of carbonyl (C=O) groups is 1. The van der Waals surface area contributed by atoms with Gasteiger partial charge < -0.3 is 9.32 Å². The highest BCUT2D eigenvalue weighted by atomic mass is 32.1. The van der Waals surface area contributed by atoms with Gasteiger partial charge in [0, 0.05) is 18.5 Å². The number of carbonyl (C=O) groups excluding carboxylic acids is 1. The van der Waals surface area contributed by atoms with Crippen LogP contribution in [0.2, 0.25) is 0 Å². The minimum absolute atomic E-state index is 0.144. The van der Waals surface area contributed by atoms with E-state index in [0.717, 1.165) is 23.8 Å². The van der Waals surface area contributed by atoms with E-state index in [1.807, 2.05) is 30.3 Å². The molecule has 1 aliphatic carbocycles. The molecule has 0 spiro atoms. The van der Waals surface area contributed by atoms with E-state index in [9.17, 15) is 4.79 Å². The highest BCUT2D eigenvalue weighted by Crippen LogP contribution is 2.32. The molecule has 0 radical (unpaired) electrons. The van der Waals surface area contributed by atoms with Gasteiger partial charge in [0.15, 0.2) is 10.8 Å². The summed E-state index contributed by atoms with van der Waals surface area (Å²) in [5, 5.41) is 13.0. The molecule has 7 heteroatoms. The average Bonchev–Trinajstić information content (AvgIpc) is 3.11. The third-order valence-corrected chi connectivity index (χ3v) is 4.54. The van der Waals surface area contributed by atoms with E-state index in [2.05, 4.69) is 15.5 Å². The first-order chi connectivity index (χ1) is 10.7. The van der Waals surface area contributed by atoms with Crippen LogP contribution in [0.5, 0.6) is 0 Å². The van der Waals surface area contributed by atoms with Crippen molar-refractivity contribution in [3.8, 4) is 10.8 Å². The Balaban J connectivity index is 1.54. The zero-order chi connectivity index (χ0) is 15.1. The van der Waals surface area contributed by atoms with Crippen LogP contribution in [0.3, 0.4) is 0 Å². The maximum Gasteiger partial charge on any atom is 0.323 e. The van der Waals surface area contributed by atoms with Crippen LogP contribution < -0.4 is 5.32 Å². The summed E-state index contributed by atoms with van der Waals surface area (Å²) in [5.74, 6) is 0.662. The Bertz CT molecular complexity index is 804. The number of hydrogen-bond donors (Lipinski definition) is 1. The Labute approximate surface area is 130 Å². The highest BCUT2D eigenvalue weighted by molar-refractivity contribution is 7.18. The van der Waals surface area contributed by atoms with Crippen LogP contribution in [0.15, 0.2) is 34.7 Å². The third kappa shape index (κ3) is 2.43. The molecule has 0 saturated heterocycles. The van der Waals surface area contributed by atoms with Crippen molar-refractivity contribution < 1.29 is 9.21 Å². The average molecular weight is 314 g/mol. The first-order valence-electron chi connectivity index (χ1n) is 7.07. The summed E-state index contributed by atoms with van der Waals surface area (Å²) >= 11 is 1.30. The predicted molar refractivity (Wildman–Crippen MR) is 84.9 cm³/mol. The van der Waals surface area contributed by atoms with Gasteiger partial charge in [-0.1, -0.05) is 29.5 Å². The molecular weight excluding hydrogens is 300 g/mol. The molecular formula is C15H14N4O2S. The Morgan fingerprint density at radius 1 is 1.36 bits per heavy atom. The van der Waals surface area contributed by atoms with E-state index < -0.39 is 0 Å². The lowest BCUT2D eigenvalue weighted by molar-refractivity contribution is 0.220. The van der Waals surface area contributed by atoms with Crippen LogP contribution >= 0.6 is 11.3 Å². The minimum atomic E-state index is -0.144. The zero-order valence-electron chi connectivity index (χ0n) is 11.9. The van der Waals surface area contributed by atoms with Gasteiger partial charge in [-0.2, -0.15) is 0 Å². The molecule has 6 nitrogen and oxygen atoms in total. The first-order valence-corrected chi connectivity index (χ1v) is 7.88. The van der Waals surface area contributed by atoms with Gasteiger partial charge >= 0.3 is 6.03 Å². The van der Waals surface area contributed by atoms with E-state index in [1.54, 1.807) is 11.9 Å². The van der Waals surface area contributed by atoms with Crippen molar-refractivity contribution in [2.24, 2.45) is 0 Å². The van der Waals surface area contributed by atoms with Gasteiger partial charge in [0.25, 0.3) is 0 Å². The Kier molecular flexibility index (Phi) is 3.07. The van der Waals surface area contributed by atoms with Crippen molar-refractivity contribution >= 4 is 33.5 Å². The second-order valence-electron chi connectivity index (χ2n) is 5.33. The number of hydrogen-bond acceptors (Lipinski definition) is 5. The molecule has 4 rings (SSSR count). The van der Waals surface area contributed by atoms with Crippen molar-refractivity contribution in [3.05, 3.63) is 30.3 Å². The van der Waals surface area contributed by atoms with Gasteiger partial charge in [0.1, 0.15) is 5.58 Å². The largest absolute Gasteiger partial charge is 0.453 e. The summed E-state index contributed by atoms with van der Waals surface area (Å²) in [6, 6.07) is 9.93. The Hall–Kier alpha value is -2.41. The van der Waals surface area contributed by atoms with Gasteiger partial charge in [-0.05, 0) is 25.0 Å². The Morgan fingerprint density at radius 2 is 2.18 bits per heavy atom. The zero-order valence-corrected chi connectivity index (χ0v) is 12.8. The smallest absolute Gasteiger partial charge is 0.323 e. The van der Waals surface area contributed by atoms with Crippen molar-refractivity contribution in [2.45, 2.75) is 18.9 Å². The fourth-order valence-corrected chi connectivity index (χ4v) is 2.95. The number of furan rings is 1. The number of benzene rings is 1. The third-order valence-electron chi connectivity index (χ3n) is 3.69. The van der Waals surface area contributed by atoms with Crippen molar-refractivity contribution in [1.82, 2.24) is 15.1 Å². The molecule has 22 heavy (non-hydrogen) atoms. The second kappa shape index (κ2) is 5.10. The van der Waals surface area contributed by atoms with Crippen LogP contribution in [0.25, 0.3) is 21.7 Å². The molecule has 1 N–H and O–H groups in total. The van der Waals surface area contributed by atoms with E-state index in [1.165, 1.54) is 11.3 Å².